The maximum absolute atomic E-state index is 13.0. The smallest absolute Gasteiger partial charge is 0.410 e. The van der Waals surface area contributed by atoms with Crippen LogP contribution in [0.15, 0.2) is 0 Å². The van der Waals surface area contributed by atoms with E-state index in [1.807, 2.05) is 0 Å². The Morgan fingerprint density at radius 1 is 1.15 bits per heavy atom. The number of nitrogens with one attached hydrogen (secondary N) is 2. The van der Waals surface area contributed by atoms with Crippen molar-refractivity contribution in [3.8, 4) is 0 Å². The summed E-state index contributed by atoms with van der Waals surface area (Å²) in [5.74, 6) is -1.85. The molecule has 2 N–H and O–H groups in total. The molecule has 1 rings (SSSR count). The number of carbonyl (C=O) groups excluding carboxylic acids is 4. The average Bonchev–Trinajstić information content (AvgIpc) is 2.69. The van der Waals surface area contributed by atoms with E-state index < -0.39 is 58.0 Å². The summed E-state index contributed by atoms with van der Waals surface area (Å²) in [4.78, 5) is 51.8. The molecule has 0 aromatic carbocycles. The Labute approximate surface area is 215 Å². The number of hydrogen-bond donors (Lipinski definition) is 2. The number of halogens is 3. The van der Waals surface area contributed by atoms with E-state index in [0.717, 1.165) is 0 Å². The lowest BCUT2D eigenvalue weighted by Crippen LogP contribution is -2.61. The normalized spacial score (nSPS) is 18.7. The molecule has 34 heavy (non-hydrogen) atoms. The summed E-state index contributed by atoms with van der Waals surface area (Å²) >= 11 is 16.8. The molecule has 3 amide bonds. The summed E-state index contributed by atoms with van der Waals surface area (Å²) in [6.07, 6.45) is 0.316. The molecular formula is C21H35Cl3N4O6. The topological polar surface area (TPSA) is 117 Å². The Hall–Kier alpha value is -1.49. The number of hydrogen-bond acceptors (Lipinski definition) is 7. The van der Waals surface area contributed by atoms with Crippen molar-refractivity contribution in [2.75, 3.05) is 20.2 Å². The standard InChI is InChI=1S/C21H35Cl3N4O6/c1-12(2)15(27(7)19(32)34-20(4,5)6)16(29)25-13(3)17(30)28-10-8-9-14(26-28)18(31)33-11-21(22,23)24/h12-15,26H,8-11H2,1-7H3,(H,25,29)/t13-,14?,15-/m0/s1. The number of hydrazine groups is 1. The first-order chi connectivity index (χ1) is 15.4. The number of carbonyl (C=O) groups is 4. The predicted molar refractivity (Wildman–Crippen MR) is 129 cm³/mol. The van der Waals surface area contributed by atoms with Crippen LogP contribution >= 0.6 is 34.8 Å². The molecular weight excluding hydrogens is 511 g/mol. The zero-order valence-electron chi connectivity index (χ0n) is 20.6. The summed E-state index contributed by atoms with van der Waals surface area (Å²) in [7, 11) is 1.48. The van der Waals surface area contributed by atoms with E-state index in [4.69, 9.17) is 44.3 Å². The molecule has 0 bridgehead atoms. The molecule has 0 aromatic heterocycles. The number of esters is 1. The maximum atomic E-state index is 13.0. The van der Waals surface area contributed by atoms with Crippen LogP contribution in [0.25, 0.3) is 0 Å². The predicted octanol–water partition coefficient (Wildman–Crippen LogP) is 2.79. The van der Waals surface area contributed by atoms with E-state index in [9.17, 15) is 19.2 Å². The molecule has 13 heteroatoms. The van der Waals surface area contributed by atoms with Crippen molar-refractivity contribution in [1.82, 2.24) is 20.7 Å². The van der Waals surface area contributed by atoms with Crippen LogP contribution in [0.1, 0.15) is 54.4 Å². The molecule has 0 aliphatic carbocycles. The van der Waals surface area contributed by atoms with Gasteiger partial charge in [0.05, 0.1) is 0 Å². The molecule has 1 saturated heterocycles. The molecule has 0 radical (unpaired) electrons. The van der Waals surface area contributed by atoms with Crippen molar-refractivity contribution in [2.45, 2.75) is 81.9 Å². The van der Waals surface area contributed by atoms with Gasteiger partial charge in [-0.3, -0.25) is 24.3 Å². The van der Waals surface area contributed by atoms with E-state index in [2.05, 4.69) is 10.7 Å². The van der Waals surface area contributed by atoms with E-state index in [1.54, 1.807) is 34.6 Å². The molecule has 1 aliphatic rings. The van der Waals surface area contributed by atoms with Crippen molar-refractivity contribution < 1.29 is 28.7 Å². The lowest BCUT2D eigenvalue weighted by atomic mass is 10.0. The number of nitrogens with zero attached hydrogens (tertiary/aromatic N) is 2. The summed E-state index contributed by atoms with van der Waals surface area (Å²) in [5, 5.41) is 3.92. The highest BCUT2D eigenvalue weighted by molar-refractivity contribution is 6.67. The molecule has 1 aliphatic heterocycles. The van der Waals surface area contributed by atoms with Crippen LogP contribution in [0, 0.1) is 5.92 Å². The van der Waals surface area contributed by atoms with Gasteiger partial charge in [0.25, 0.3) is 5.91 Å². The van der Waals surface area contributed by atoms with Gasteiger partial charge in [0.2, 0.25) is 9.70 Å². The average molecular weight is 546 g/mol. The lowest BCUT2D eigenvalue weighted by molar-refractivity contribution is -0.153. The number of alkyl halides is 3. The summed E-state index contributed by atoms with van der Waals surface area (Å²) in [6, 6.07) is -2.58. The van der Waals surface area contributed by atoms with Crippen molar-refractivity contribution in [1.29, 1.82) is 0 Å². The largest absolute Gasteiger partial charge is 0.460 e. The molecule has 0 spiro atoms. The zero-order chi connectivity index (χ0) is 26.4. The van der Waals surface area contributed by atoms with Gasteiger partial charge in [-0.2, -0.15) is 0 Å². The second-order valence-corrected chi connectivity index (χ2v) is 12.1. The molecule has 3 atom stereocenters. The van der Waals surface area contributed by atoms with Gasteiger partial charge in [-0.05, 0) is 46.5 Å². The fourth-order valence-electron chi connectivity index (χ4n) is 3.34. The highest BCUT2D eigenvalue weighted by Crippen LogP contribution is 2.26. The Morgan fingerprint density at radius 3 is 2.24 bits per heavy atom. The first-order valence-corrected chi connectivity index (χ1v) is 12.1. The Balaban J connectivity index is 2.78. The van der Waals surface area contributed by atoms with Crippen LogP contribution in [-0.2, 0) is 23.9 Å². The summed E-state index contributed by atoms with van der Waals surface area (Å²) in [6.45, 7) is 10.2. The van der Waals surface area contributed by atoms with Crippen molar-refractivity contribution in [3.63, 3.8) is 0 Å². The fraction of sp³-hybridized carbons (Fsp3) is 0.810. The van der Waals surface area contributed by atoms with Crippen LogP contribution < -0.4 is 10.7 Å². The van der Waals surface area contributed by atoms with Crippen LogP contribution in [0.4, 0.5) is 4.79 Å². The third-order valence-electron chi connectivity index (χ3n) is 4.84. The number of likely N-dealkylation sites (N-methyl/N-ethyl adjacent to an activating group) is 1. The minimum Gasteiger partial charge on any atom is -0.460 e. The lowest BCUT2D eigenvalue weighted by Gasteiger charge is -2.35. The Bertz CT molecular complexity index is 754. The molecule has 1 unspecified atom stereocenters. The first-order valence-electron chi connectivity index (χ1n) is 11.0. The van der Waals surface area contributed by atoms with E-state index in [0.29, 0.717) is 19.4 Å². The maximum Gasteiger partial charge on any atom is 0.410 e. The van der Waals surface area contributed by atoms with E-state index in [-0.39, 0.29) is 5.92 Å². The quantitative estimate of drug-likeness (QED) is 0.373. The molecule has 0 saturated carbocycles. The van der Waals surface area contributed by atoms with Gasteiger partial charge in [0, 0.05) is 13.6 Å². The minimum absolute atomic E-state index is 0.245. The summed E-state index contributed by atoms with van der Waals surface area (Å²) in [5.41, 5.74) is 2.09. The van der Waals surface area contributed by atoms with Gasteiger partial charge in [-0.1, -0.05) is 48.7 Å². The van der Waals surface area contributed by atoms with Crippen LogP contribution in [0.5, 0.6) is 0 Å². The van der Waals surface area contributed by atoms with Crippen LogP contribution in [0.2, 0.25) is 0 Å². The second-order valence-electron chi connectivity index (χ2n) is 9.55. The van der Waals surface area contributed by atoms with Gasteiger partial charge < -0.3 is 14.8 Å². The van der Waals surface area contributed by atoms with Crippen LogP contribution in [0.3, 0.4) is 0 Å². The zero-order valence-corrected chi connectivity index (χ0v) is 22.9. The molecule has 196 valence electrons. The second kappa shape index (κ2) is 12.5. The van der Waals surface area contributed by atoms with Crippen LogP contribution in [-0.4, -0.2) is 81.5 Å². The minimum atomic E-state index is -1.74. The molecule has 10 nitrogen and oxygen atoms in total. The van der Waals surface area contributed by atoms with E-state index >= 15 is 0 Å². The third kappa shape index (κ3) is 10.0. The monoisotopic (exact) mass is 544 g/mol. The van der Waals surface area contributed by atoms with Crippen molar-refractivity contribution >= 4 is 58.7 Å². The SMILES string of the molecule is CC(C)[C@@H](C(=O)N[C@@H](C)C(=O)N1CCCC(C(=O)OCC(Cl)(Cl)Cl)N1)N(C)C(=O)OC(C)(C)C. The first kappa shape index (κ1) is 30.5. The van der Waals surface area contributed by atoms with Gasteiger partial charge >= 0.3 is 12.1 Å². The molecule has 1 heterocycles. The molecule has 1 fully saturated rings. The highest BCUT2D eigenvalue weighted by Gasteiger charge is 2.36. The summed E-state index contributed by atoms with van der Waals surface area (Å²) < 4.78 is 8.60. The number of rotatable bonds is 7. The number of amides is 3. The number of ether oxygens (including phenoxy) is 2. The Kier molecular flexibility index (Phi) is 11.2. The van der Waals surface area contributed by atoms with Gasteiger partial charge in [0.15, 0.2) is 0 Å². The van der Waals surface area contributed by atoms with Crippen molar-refractivity contribution in [2.24, 2.45) is 5.92 Å². The highest BCUT2D eigenvalue weighted by atomic mass is 35.6. The molecule has 0 aromatic rings. The van der Waals surface area contributed by atoms with Gasteiger partial charge in [-0.15, -0.1) is 0 Å². The Morgan fingerprint density at radius 2 is 1.74 bits per heavy atom. The third-order valence-corrected chi connectivity index (χ3v) is 5.17. The van der Waals surface area contributed by atoms with Gasteiger partial charge in [-0.25, -0.2) is 10.2 Å². The fourth-order valence-corrected chi connectivity index (χ4v) is 3.50. The van der Waals surface area contributed by atoms with Crippen molar-refractivity contribution in [3.05, 3.63) is 0 Å². The van der Waals surface area contributed by atoms with Gasteiger partial charge in [0.1, 0.15) is 30.3 Å². The van der Waals surface area contributed by atoms with E-state index in [1.165, 1.54) is 23.9 Å².